The molecule has 0 aliphatic carbocycles. The van der Waals surface area contributed by atoms with Gasteiger partial charge in [-0.25, -0.2) is 0 Å². The first kappa shape index (κ1) is 16.6. The maximum absolute atomic E-state index is 11.0. The Labute approximate surface area is 117 Å². The summed E-state index contributed by atoms with van der Waals surface area (Å²) in [5, 5.41) is 18.2. The van der Waals surface area contributed by atoms with Gasteiger partial charge in [0.1, 0.15) is 18.8 Å². The van der Waals surface area contributed by atoms with Crippen molar-refractivity contribution < 1.29 is 34.0 Å². The maximum Gasteiger partial charge on any atom is 0.303 e. The van der Waals surface area contributed by atoms with Crippen LogP contribution in [0.3, 0.4) is 0 Å². The second-order valence-electron chi connectivity index (χ2n) is 4.55. The number of aliphatic hydroxyl groups excluding tert-OH is 2. The third kappa shape index (κ3) is 5.68. The zero-order chi connectivity index (χ0) is 15.1. The Morgan fingerprint density at radius 1 is 1.30 bits per heavy atom. The molecule has 0 amide bonds. The predicted molar refractivity (Wildman–Crippen MR) is 67.7 cm³/mol. The van der Waals surface area contributed by atoms with Crippen molar-refractivity contribution in [1.82, 2.24) is 0 Å². The number of rotatable bonds is 6. The minimum absolute atomic E-state index is 0.0522. The van der Waals surface area contributed by atoms with Crippen molar-refractivity contribution in [3.05, 3.63) is 12.2 Å². The molecule has 0 fully saturated rings. The molecule has 0 bridgehead atoms. The molecule has 2 N–H and O–H groups in total. The van der Waals surface area contributed by atoms with Gasteiger partial charge in [0.15, 0.2) is 0 Å². The summed E-state index contributed by atoms with van der Waals surface area (Å²) in [5.74, 6) is -0.929. The van der Waals surface area contributed by atoms with Crippen LogP contribution in [0.5, 0.6) is 0 Å². The molecule has 7 heteroatoms. The average Bonchev–Trinajstić information content (AvgIpc) is 2.37. The molecule has 7 nitrogen and oxygen atoms in total. The molecule has 114 valence electrons. The van der Waals surface area contributed by atoms with E-state index in [0.717, 1.165) is 0 Å². The van der Waals surface area contributed by atoms with Crippen molar-refractivity contribution >= 4 is 11.9 Å². The first-order valence-corrected chi connectivity index (χ1v) is 6.35. The smallest absolute Gasteiger partial charge is 0.303 e. The lowest BCUT2D eigenvalue weighted by Crippen LogP contribution is -2.42. The number of hydrogen-bond acceptors (Lipinski definition) is 7. The summed E-state index contributed by atoms with van der Waals surface area (Å²) in [4.78, 5) is 21.9. The van der Waals surface area contributed by atoms with E-state index in [0.29, 0.717) is 0 Å². The van der Waals surface area contributed by atoms with Gasteiger partial charge in [0.25, 0.3) is 0 Å². The van der Waals surface area contributed by atoms with Crippen LogP contribution in [0.4, 0.5) is 0 Å². The van der Waals surface area contributed by atoms with Gasteiger partial charge in [0.2, 0.25) is 0 Å². The van der Waals surface area contributed by atoms with Crippen LogP contribution in [-0.2, 0) is 23.8 Å². The van der Waals surface area contributed by atoms with Crippen LogP contribution in [0.2, 0.25) is 0 Å². The molecule has 0 saturated heterocycles. The molecular weight excluding hydrogens is 268 g/mol. The fraction of sp³-hybridized carbons (Fsp3) is 0.692. The predicted octanol–water partition coefficient (Wildman–Crippen LogP) is -0.452. The van der Waals surface area contributed by atoms with Gasteiger partial charge in [0, 0.05) is 20.3 Å². The van der Waals surface area contributed by atoms with Crippen molar-refractivity contribution in [3.8, 4) is 0 Å². The number of hydrogen-bond donors (Lipinski definition) is 2. The van der Waals surface area contributed by atoms with Gasteiger partial charge >= 0.3 is 11.9 Å². The highest BCUT2D eigenvalue weighted by molar-refractivity contribution is 5.66. The number of carbonyl (C=O) groups excluding carboxylic acids is 2. The van der Waals surface area contributed by atoms with Crippen molar-refractivity contribution in [2.45, 2.75) is 44.7 Å². The van der Waals surface area contributed by atoms with E-state index in [-0.39, 0.29) is 19.6 Å². The minimum atomic E-state index is -0.899. The molecule has 1 aliphatic rings. The van der Waals surface area contributed by atoms with Crippen molar-refractivity contribution in [2.75, 3.05) is 13.2 Å². The second kappa shape index (κ2) is 7.98. The Hall–Kier alpha value is -1.44. The summed E-state index contributed by atoms with van der Waals surface area (Å²) >= 11 is 0. The Kier molecular flexibility index (Phi) is 6.63. The Morgan fingerprint density at radius 3 is 2.55 bits per heavy atom. The van der Waals surface area contributed by atoms with Crippen LogP contribution in [0.15, 0.2) is 12.2 Å². The average molecular weight is 288 g/mol. The summed E-state index contributed by atoms with van der Waals surface area (Å²) in [6.07, 6.45) is 0.868. The van der Waals surface area contributed by atoms with E-state index < -0.39 is 36.4 Å². The highest BCUT2D eigenvalue weighted by Gasteiger charge is 2.31. The lowest BCUT2D eigenvalue weighted by molar-refractivity contribution is -0.164. The van der Waals surface area contributed by atoms with E-state index in [9.17, 15) is 14.7 Å². The molecule has 4 unspecified atom stereocenters. The molecule has 1 rings (SSSR count). The minimum Gasteiger partial charge on any atom is -0.463 e. The van der Waals surface area contributed by atoms with Gasteiger partial charge in [-0.05, 0) is 6.08 Å². The summed E-state index contributed by atoms with van der Waals surface area (Å²) < 4.78 is 15.5. The largest absolute Gasteiger partial charge is 0.463 e. The first-order chi connectivity index (χ1) is 9.42. The van der Waals surface area contributed by atoms with Crippen LogP contribution < -0.4 is 0 Å². The lowest BCUT2D eigenvalue weighted by atomic mass is 10.0. The Balaban J connectivity index is 2.65. The van der Waals surface area contributed by atoms with E-state index in [4.69, 9.17) is 19.3 Å². The molecule has 0 saturated carbocycles. The third-order valence-corrected chi connectivity index (χ3v) is 2.70. The van der Waals surface area contributed by atoms with Crippen LogP contribution in [-0.4, -0.2) is 59.8 Å². The number of ether oxygens (including phenoxy) is 3. The standard InChI is InChI=1S/C13H20O7/c1-8(15)18-7-13-12(19-9(2)16)4-3-11(20-13)5-10(17)6-14/h3-4,10-14,17H,5-7H2,1-2H3. The summed E-state index contributed by atoms with van der Waals surface area (Å²) in [5.41, 5.74) is 0. The second-order valence-corrected chi connectivity index (χ2v) is 4.55. The quantitative estimate of drug-likeness (QED) is 0.504. The molecule has 0 aromatic heterocycles. The van der Waals surface area contributed by atoms with Gasteiger partial charge in [-0.15, -0.1) is 0 Å². The molecule has 0 radical (unpaired) electrons. The number of esters is 2. The van der Waals surface area contributed by atoms with E-state index in [1.807, 2.05) is 0 Å². The van der Waals surface area contributed by atoms with Crippen molar-refractivity contribution in [1.29, 1.82) is 0 Å². The van der Waals surface area contributed by atoms with Crippen LogP contribution in [0.1, 0.15) is 20.3 Å². The van der Waals surface area contributed by atoms with Gasteiger partial charge in [-0.3, -0.25) is 9.59 Å². The monoisotopic (exact) mass is 288 g/mol. The topological polar surface area (TPSA) is 102 Å². The van der Waals surface area contributed by atoms with E-state index >= 15 is 0 Å². The van der Waals surface area contributed by atoms with Gasteiger partial charge < -0.3 is 24.4 Å². The summed E-state index contributed by atoms with van der Waals surface area (Å²) in [6, 6.07) is 0. The van der Waals surface area contributed by atoms with Crippen LogP contribution >= 0.6 is 0 Å². The fourth-order valence-electron chi connectivity index (χ4n) is 1.82. The molecular formula is C13H20O7. The molecule has 20 heavy (non-hydrogen) atoms. The van der Waals surface area contributed by atoms with Crippen molar-refractivity contribution in [2.24, 2.45) is 0 Å². The summed E-state index contributed by atoms with van der Waals surface area (Å²) in [7, 11) is 0. The Bertz CT molecular complexity index is 366. The van der Waals surface area contributed by atoms with Crippen molar-refractivity contribution in [3.63, 3.8) is 0 Å². The summed E-state index contributed by atoms with van der Waals surface area (Å²) in [6.45, 7) is 2.13. The van der Waals surface area contributed by atoms with E-state index in [1.54, 1.807) is 12.2 Å². The third-order valence-electron chi connectivity index (χ3n) is 2.70. The van der Waals surface area contributed by atoms with Crippen LogP contribution in [0.25, 0.3) is 0 Å². The highest BCUT2D eigenvalue weighted by atomic mass is 16.6. The van der Waals surface area contributed by atoms with E-state index in [1.165, 1.54) is 13.8 Å². The molecule has 0 aromatic rings. The first-order valence-electron chi connectivity index (χ1n) is 6.35. The van der Waals surface area contributed by atoms with Gasteiger partial charge in [0.05, 0.1) is 18.8 Å². The van der Waals surface area contributed by atoms with Gasteiger partial charge in [-0.2, -0.15) is 0 Å². The highest BCUT2D eigenvalue weighted by Crippen LogP contribution is 2.20. The molecule has 0 aromatic carbocycles. The lowest BCUT2D eigenvalue weighted by Gasteiger charge is -2.32. The SMILES string of the molecule is CC(=O)OCC1OC(CC(O)CO)C=CC1OC(C)=O. The fourth-order valence-corrected chi connectivity index (χ4v) is 1.82. The normalized spacial score (nSPS) is 26.9. The maximum atomic E-state index is 11.0. The van der Waals surface area contributed by atoms with Gasteiger partial charge in [-0.1, -0.05) is 6.08 Å². The van der Waals surface area contributed by atoms with E-state index in [2.05, 4.69) is 0 Å². The molecule has 4 atom stereocenters. The molecule has 1 aliphatic heterocycles. The van der Waals surface area contributed by atoms with Crippen LogP contribution in [0, 0.1) is 0 Å². The number of carbonyl (C=O) groups is 2. The molecule has 0 spiro atoms. The zero-order valence-electron chi connectivity index (χ0n) is 11.5. The number of aliphatic hydroxyl groups is 2. The Morgan fingerprint density at radius 2 is 2.00 bits per heavy atom. The molecule has 1 heterocycles. The zero-order valence-corrected chi connectivity index (χ0v) is 11.5.